The summed E-state index contributed by atoms with van der Waals surface area (Å²) < 4.78 is 1.27. The number of fused-ring (bicyclic) bond motifs is 1. The lowest BCUT2D eigenvalue weighted by molar-refractivity contribution is 0.898. The van der Waals surface area contributed by atoms with Crippen molar-refractivity contribution in [1.82, 2.24) is 15.0 Å². The molecule has 0 unspecified atom stereocenters. The van der Waals surface area contributed by atoms with Crippen LogP contribution in [0.3, 0.4) is 0 Å². The number of aromatic nitrogens is 3. The molecular formula is C16H18N4S3. The first-order chi connectivity index (χ1) is 11.2. The van der Waals surface area contributed by atoms with E-state index >= 15 is 0 Å². The number of hydrogen-bond donors (Lipinski definition) is 1. The lowest BCUT2D eigenvalue weighted by Gasteiger charge is -2.04. The number of thioether (sulfide) groups is 2. The van der Waals surface area contributed by atoms with Crippen LogP contribution in [0.4, 0.5) is 5.82 Å². The minimum absolute atomic E-state index is 0.525. The summed E-state index contributed by atoms with van der Waals surface area (Å²) in [5.41, 5.74) is 8.34. The van der Waals surface area contributed by atoms with Gasteiger partial charge in [0.05, 0.1) is 4.70 Å². The smallest absolute Gasteiger partial charge is 0.190 e. The minimum Gasteiger partial charge on any atom is -0.384 e. The summed E-state index contributed by atoms with van der Waals surface area (Å²) >= 11 is 4.97. The summed E-state index contributed by atoms with van der Waals surface area (Å²) in [5, 5.41) is 5.22. The zero-order valence-corrected chi connectivity index (χ0v) is 15.5. The molecule has 0 aromatic carbocycles. The Balaban J connectivity index is 1.67. The maximum Gasteiger partial charge on any atom is 0.190 e. The third-order valence-electron chi connectivity index (χ3n) is 3.48. The van der Waals surface area contributed by atoms with Crippen molar-refractivity contribution in [3.63, 3.8) is 0 Å². The van der Waals surface area contributed by atoms with Crippen molar-refractivity contribution in [2.75, 3.05) is 17.7 Å². The van der Waals surface area contributed by atoms with E-state index in [9.17, 15) is 0 Å². The standard InChI is InChI=1S/C16H18N4S3/c1-3-10-9-23-13-8-18-11(6-12(10)13)4-5-22-16-19-14(17)7-15(20-16)21-2/h6-9H,3-5H2,1-2H3,(H2,17,19,20). The molecule has 0 saturated carbocycles. The van der Waals surface area contributed by atoms with Crippen molar-refractivity contribution < 1.29 is 0 Å². The number of aryl methyl sites for hydroxylation is 2. The van der Waals surface area contributed by atoms with Crippen LogP contribution in [0.5, 0.6) is 0 Å². The Morgan fingerprint density at radius 2 is 2.13 bits per heavy atom. The molecule has 0 saturated heterocycles. The largest absolute Gasteiger partial charge is 0.384 e. The molecule has 3 heterocycles. The fourth-order valence-corrected chi connectivity index (χ4v) is 4.57. The summed E-state index contributed by atoms with van der Waals surface area (Å²) in [6.45, 7) is 2.19. The fraction of sp³-hybridized carbons (Fsp3) is 0.312. The van der Waals surface area contributed by atoms with Gasteiger partial charge in [0.1, 0.15) is 10.8 Å². The van der Waals surface area contributed by atoms with E-state index in [1.165, 1.54) is 15.6 Å². The highest BCUT2D eigenvalue weighted by molar-refractivity contribution is 7.99. The second kappa shape index (κ2) is 7.51. The predicted molar refractivity (Wildman–Crippen MR) is 102 cm³/mol. The number of hydrogen-bond acceptors (Lipinski definition) is 7. The Morgan fingerprint density at radius 3 is 2.91 bits per heavy atom. The van der Waals surface area contributed by atoms with Gasteiger partial charge < -0.3 is 5.73 Å². The van der Waals surface area contributed by atoms with E-state index in [1.807, 2.05) is 12.5 Å². The average Bonchev–Trinajstić information content (AvgIpc) is 2.96. The molecule has 120 valence electrons. The quantitative estimate of drug-likeness (QED) is 0.401. The summed E-state index contributed by atoms with van der Waals surface area (Å²) in [5.74, 6) is 1.42. The molecule has 0 aliphatic rings. The van der Waals surface area contributed by atoms with Crippen LogP contribution in [0, 0.1) is 0 Å². The van der Waals surface area contributed by atoms with Crippen LogP contribution in [0.15, 0.2) is 33.9 Å². The van der Waals surface area contributed by atoms with E-state index in [-0.39, 0.29) is 0 Å². The van der Waals surface area contributed by atoms with Crippen LogP contribution in [0.1, 0.15) is 18.2 Å². The molecule has 0 atom stereocenters. The van der Waals surface area contributed by atoms with E-state index < -0.39 is 0 Å². The minimum atomic E-state index is 0.525. The molecule has 0 amide bonds. The van der Waals surface area contributed by atoms with Crippen molar-refractivity contribution in [3.8, 4) is 0 Å². The number of nitrogen functional groups attached to an aromatic ring is 1. The molecule has 0 bridgehead atoms. The first-order valence-electron chi connectivity index (χ1n) is 7.36. The summed E-state index contributed by atoms with van der Waals surface area (Å²) in [7, 11) is 0. The fourth-order valence-electron chi connectivity index (χ4n) is 2.28. The van der Waals surface area contributed by atoms with E-state index in [2.05, 4.69) is 33.3 Å². The van der Waals surface area contributed by atoms with Crippen LogP contribution >= 0.6 is 34.9 Å². The van der Waals surface area contributed by atoms with Crippen molar-refractivity contribution in [1.29, 1.82) is 0 Å². The van der Waals surface area contributed by atoms with Crippen molar-refractivity contribution in [2.24, 2.45) is 0 Å². The van der Waals surface area contributed by atoms with E-state index in [1.54, 1.807) is 40.9 Å². The van der Waals surface area contributed by atoms with Gasteiger partial charge in [0, 0.05) is 23.7 Å². The highest BCUT2D eigenvalue weighted by Crippen LogP contribution is 2.27. The van der Waals surface area contributed by atoms with Gasteiger partial charge >= 0.3 is 0 Å². The monoisotopic (exact) mass is 362 g/mol. The van der Waals surface area contributed by atoms with Crippen LogP contribution in [0.25, 0.3) is 10.1 Å². The second-order valence-electron chi connectivity index (χ2n) is 5.00. The number of pyridine rings is 1. The van der Waals surface area contributed by atoms with Crippen LogP contribution in [0.2, 0.25) is 0 Å². The highest BCUT2D eigenvalue weighted by atomic mass is 32.2. The maximum absolute atomic E-state index is 5.81. The zero-order valence-electron chi connectivity index (χ0n) is 13.1. The third kappa shape index (κ3) is 3.97. The van der Waals surface area contributed by atoms with E-state index in [4.69, 9.17) is 5.73 Å². The Bertz CT molecular complexity index is 816. The molecule has 0 aliphatic carbocycles. The normalized spacial score (nSPS) is 11.2. The molecule has 0 radical (unpaired) electrons. The lowest BCUT2D eigenvalue weighted by atomic mass is 10.1. The molecule has 3 aromatic rings. The van der Waals surface area contributed by atoms with Gasteiger partial charge in [-0.25, -0.2) is 9.97 Å². The first kappa shape index (κ1) is 16.5. The Hall–Kier alpha value is -1.31. The predicted octanol–water partition coefficient (Wildman–Crippen LogP) is 4.29. The van der Waals surface area contributed by atoms with E-state index in [0.29, 0.717) is 5.82 Å². The van der Waals surface area contributed by atoms with Gasteiger partial charge in [-0.3, -0.25) is 4.98 Å². The zero-order chi connectivity index (χ0) is 16.2. The molecular weight excluding hydrogens is 344 g/mol. The molecule has 4 nitrogen and oxygen atoms in total. The second-order valence-corrected chi connectivity index (χ2v) is 7.80. The highest BCUT2D eigenvalue weighted by Gasteiger charge is 2.07. The average molecular weight is 363 g/mol. The van der Waals surface area contributed by atoms with Gasteiger partial charge in [0.25, 0.3) is 0 Å². The molecule has 0 fully saturated rings. The molecule has 3 rings (SSSR count). The van der Waals surface area contributed by atoms with Crippen molar-refractivity contribution >= 4 is 50.8 Å². The number of thiophene rings is 1. The van der Waals surface area contributed by atoms with Gasteiger partial charge in [-0.15, -0.1) is 23.1 Å². The van der Waals surface area contributed by atoms with Gasteiger partial charge in [-0.1, -0.05) is 18.7 Å². The van der Waals surface area contributed by atoms with E-state index in [0.717, 1.165) is 34.5 Å². The number of rotatable bonds is 6. The topological polar surface area (TPSA) is 64.7 Å². The van der Waals surface area contributed by atoms with Crippen molar-refractivity contribution in [3.05, 3.63) is 35.0 Å². The SMILES string of the molecule is CCc1csc2cnc(CCSc3nc(N)cc(SC)n3)cc12. The van der Waals surface area contributed by atoms with Crippen LogP contribution in [-0.2, 0) is 12.8 Å². The number of nitrogens with two attached hydrogens (primary N) is 1. The summed E-state index contributed by atoms with van der Waals surface area (Å²) in [6, 6.07) is 4.02. The lowest BCUT2D eigenvalue weighted by Crippen LogP contribution is -1.98. The Morgan fingerprint density at radius 1 is 1.26 bits per heavy atom. The summed E-state index contributed by atoms with van der Waals surface area (Å²) in [4.78, 5) is 13.3. The molecule has 0 aliphatic heterocycles. The Kier molecular flexibility index (Phi) is 5.40. The maximum atomic E-state index is 5.81. The van der Waals surface area contributed by atoms with Crippen molar-refractivity contribution in [2.45, 2.75) is 29.9 Å². The molecule has 2 N–H and O–H groups in total. The molecule has 0 spiro atoms. The van der Waals surface area contributed by atoms with Gasteiger partial charge in [0.2, 0.25) is 0 Å². The first-order valence-corrected chi connectivity index (χ1v) is 10.4. The molecule has 3 aromatic heterocycles. The third-order valence-corrected chi connectivity index (χ3v) is 5.94. The van der Waals surface area contributed by atoms with Crippen LogP contribution < -0.4 is 5.73 Å². The van der Waals surface area contributed by atoms with Crippen LogP contribution in [-0.4, -0.2) is 27.0 Å². The number of anilines is 1. The summed E-state index contributed by atoms with van der Waals surface area (Å²) in [6.07, 6.45) is 5.93. The van der Waals surface area contributed by atoms with Gasteiger partial charge in [-0.2, -0.15) is 0 Å². The van der Waals surface area contributed by atoms with Gasteiger partial charge in [-0.05, 0) is 41.5 Å². The van der Waals surface area contributed by atoms with Gasteiger partial charge in [0.15, 0.2) is 5.16 Å². The molecule has 23 heavy (non-hydrogen) atoms. The molecule has 7 heteroatoms. The Labute approximate surface area is 148 Å². The number of nitrogens with zero attached hydrogens (tertiary/aromatic N) is 3.